The highest BCUT2D eigenvalue weighted by Crippen LogP contribution is 2.19. The number of halogens is 2. The van der Waals surface area contributed by atoms with E-state index in [2.05, 4.69) is 10.6 Å². The van der Waals surface area contributed by atoms with Crippen LogP contribution in [0.25, 0.3) is 0 Å². The third-order valence-corrected chi connectivity index (χ3v) is 3.80. The fourth-order valence-corrected chi connectivity index (χ4v) is 2.39. The summed E-state index contributed by atoms with van der Waals surface area (Å²) in [5.74, 6) is -1.11. The maximum absolute atomic E-state index is 13.0. The van der Waals surface area contributed by atoms with E-state index in [4.69, 9.17) is 11.6 Å². The number of carbonyl (C=O) groups excluding carboxylic acids is 2. The number of rotatable bonds is 6. The number of nitrogens with one attached hydrogen (secondary N) is 2. The largest absolute Gasteiger partial charge is 0.347 e. The number of benzene rings is 2. The van der Waals surface area contributed by atoms with Gasteiger partial charge in [-0.15, -0.1) is 0 Å². The minimum absolute atomic E-state index is 0.0603. The van der Waals surface area contributed by atoms with E-state index in [9.17, 15) is 14.0 Å². The molecule has 6 heteroatoms. The Bertz CT molecular complexity index is 722. The van der Waals surface area contributed by atoms with Crippen molar-refractivity contribution in [3.05, 3.63) is 64.9 Å². The van der Waals surface area contributed by atoms with Crippen molar-refractivity contribution in [2.24, 2.45) is 0 Å². The van der Waals surface area contributed by atoms with Crippen LogP contribution in [0, 0.1) is 5.82 Å². The predicted molar refractivity (Wildman–Crippen MR) is 92.5 cm³/mol. The first-order valence-electron chi connectivity index (χ1n) is 7.52. The standard InChI is InChI=1S/C18H18ClFN2O2/c1-12(13-5-3-2-4-6-13)9-17(23)21-11-18(24)22-14-7-8-16(20)15(19)10-14/h2-8,10,12H,9,11H2,1H3,(H,21,23)(H,22,24). The SMILES string of the molecule is CC(CC(=O)NCC(=O)Nc1ccc(F)c(Cl)c1)c1ccccc1. The Morgan fingerprint density at radius 3 is 2.50 bits per heavy atom. The molecule has 0 aromatic heterocycles. The average Bonchev–Trinajstić information content (AvgIpc) is 2.57. The number of hydrogen-bond acceptors (Lipinski definition) is 2. The van der Waals surface area contributed by atoms with Crippen LogP contribution >= 0.6 is 11.6 Å². The minimum Gasteiger partial charge on any atom is -0.347 e. The predicted octanol–water partition coefficient (Wildman–Crippen LogP) is 3.73. The van der Waals surface area contributed by atoms with Gasteiger partial charge in [-0.1, -0.05) is 48.9 Å². The lowest BCUT2D eigenvalue weighted by Gasteiger charge is -2.12. The van der Waals surface area contributed by atoms with Gasteiger partial charge in [0.1, 0.15) is 5.82 Å². The molecule has 24 heavy (non-hydrogen) atoms. The van der Waals surface area contributed by atoms with E-state index < -0.39 is 11.7 Å². The molecule has 2 rings (SSSR count). The topological polar surface area (TPSA) is 58.2 Å². The number of anilines is 1. The molecule has 1 unspecified atom stereocenters. The van der Waals surface area contributed by atoms with Crippen LogP contribution in [0.1, 0.15) is 24.8 Å². The maximum atomic E-state index is 13.0. The summed E-state index contributed by atoms with van der Waals surface area (Å²) in [6, 6.07) is 13.6. The zero-order valence-electron chi connectivity index (χ0n) is 13.2. The summed E-state index contributed by atoms with van der Waals surface area (Å²) < 4.78 is 13.0. The molecule has 2 aromatic carbocycles. The maximum Gasteiger partial charge on any atom is 0.243 e. The molecule has 0 heterocycles. The molecule has 2 N–H and O–H groups in total. The molecular formula is C18H18ClFN2O2. The molecule has 0 spiro atoms. The third-order valence-electron chi connectivity index (χ3n) is 3.51. The van der Waals surface area contributed by atoms with Gasteiger partial charge >= 0.3 is 0 Å². The Morgan fingerprint density at radius 1 is 1.12 bits per heavy atom. The number of carbonyl (C=O) groups is 2. The van der Waals surface area contributed by atoms with E-state index >= 15 is 0 Å². The molecule has 0 aliphatic carbocycles. The van der Waals surface area contributed by atoms with E-state index in [1.807, 2.05) is 37.3 Å². The lowest BCUT2D eigenvalue weighted by atomic mass is 9.98. The van der Waals surface area contributed by atoms with E-state index in [1.54, 1.807) is 0 Å². The van der Waals surface area contributed by atoms with Crippen LogP contribution in [-0.2, 0) is 9.59 Å². The number of hydrogen-bond donors (Lipinski definition) is 2. The van der Waals surface area contributed by atoms with Gasteiger partial charge in [0.15, 0.2) is 0 Å². The van der Waals surface area contributed by atoms with E-state index in [-0.39, 0.29) is 23.4 Å². The highest BCUT2D eigenvalue weighted by Gasteiger charge is 2.12. The van der Waals surface area contributed by atoms with E-state index in [0.717, 1.165) is 11.6 Å². The van der Waals surface area contributed by atoms with Gasteiger partial charge in [-0.05, 0) is 29.7 Å². The Hall–Kier alpha value is -2.40. The van der Waals surface area contributed by atoms with Crippen molar-refractivity contribution in [3.63, 3.8) is 0 Å². The summed E-state index contributed by atoms with van der Waals surface area (Å²) in [7, 11) is 0. The first-order valence-corrected chi connectivity index (χ1v) is 7.90. The van der Waals surface area contributed by atoms with Crippen LogP contribution in [0.4, 0.5) is 10.1 Å². The molecule has 2 aromatic rings. The van der Waals surface area contributed by atoms with Crippen LogP contribution in [0.2, 0.25) is 5.02 Å². The first-order chi connectivity index (χ1) is 11.5. The second kappa shape index (κ2) is 8.45. The normalized spacial score (nSPS) is 11.6. The lowest BCUT2D eigenvalue weighted by Crippen LogP contribution is -2.33. The molecule has 0 fully saturated rings. The summed E-state index contributed by atoms with van der Waals surface area (Å²) in [4.78, 5) is 23.7. The molecule has 0 radical (unpaired) electrons. The second-order valence-electron chi connectivity index (χ2n) is 5.47. The van der Waals surface area contributed by atoms with Crippen molar-refractivity contribution in [1.82, 2.24) is 5.32 Å². The molecule has 0 aliphatic heterocycles. The van der Waals surface area contributed by atoms with E-state index in [1.165, 1.54) is 12.1 Å². The van der Waals surface area contributed by atoms with Gasteiger partial charge in [-0.3, -0.25) is 9.59 Å². The summed E-state index contributed by atoms with van der Waals surface area (Å²) in [5, 5.41) is 5.04. The van der Waals surface area contributed by atoms with Crippen molar-refractivity contribution in [2.45, 2.75) is 19.3 Å². The summed E-state index contributed by atoms with van der Waals surface area (Å²) >= 11 is 5.64. The molecule has 0 saturated heterocycles. The monoisotopic (exact) mass is 348 g/mol. The van der Waals surface area contributed by atoms with Crippen LogP contribution < -0.4 is 10.6 Å². The van der Waals surface area contributed by atoms with Gasteiger partial charge in [0.25, 0.3) is 0 Å². The van der Waals surface area contributed by atoms with Gasteiger partial charge < -0.3 is 10.6 Å². The van der Waals surface area contributed by atoms with Crippen LogP contribution in [0.5, 0.6) is 0 Å². The third kappa shape index (κ3) is 5.35. The van der Waals surface area contributed by atoms with Crippen LogP contribution in [-0.4, -0.2) is 18.4 Å². The molecular weight excluding hydrogens is 331 g/mol. The Labute approximate surface area is 145 Å². The molecule has 0 aliphatic rings. The summed E-state index contributed by atoms with van der Waals surface area (Å²) in [6.07, 6.45) is 0.291. The fraction of sp³-hybridized carbons (Fsp3) is 0.222. The molecule has 0 saturated carbocycles. The molecule has 0 bridgehead atoms. The Morgan fingerprint density at radius 2 is 1.83 bits per heavy atom. The molecule has 4 nitrogen and oxygen atoms in total. The first kappa shape index (κ1) is 17.9. The molecule has 2 amide bonds. The van der Waals surface area contributed by atoms with Crippen molar-refractivity contribution in [3.8, 4) is 0 Å². The highest BCUT2D eigenvalue weighted by molar-refractivity contribution is 6.31. The minimum atomic E-state index is -0.558. The number of amides is 2. The van der Waals surface area contributed by atoms with Gasteiger partial charge in [0.2, 0.25) is 11.8 Å². The lowest BCUT2D eigenvalue weighted by molar-refractivity contribution is -0.124. The van der Waals surface area contributed by atoms with Gasteiger partial charge in [-0.25, -0.2) is 4.39 Å². The fourth-order valence-electron chi connectivity index (χ4n) is 2.21. The van der Waals surface area contributed by atoms with Crippen molar-refractivity contribution < 1.29 is 14.0 Å². The van der Waals surface area contributed by atoms with Gasteiger partial charge in [-0.2, -0.15) is 0 Å². The zero-order valence-corrected chi connectivity index (χ0v) is 13.9. The molecule has 1 atom stereocenters. The average molecular weight is 349 g/mol. The second-order valence-corrected chi connectivity index (χ2v) is 5.88. The highest BCUT2D eigenvalue weighted by atomic mass is 35.5. The zero-order chi connectivity index (χ0) is 17.5. The van der Waals surface area contributed by atoms with Crippen molar-refractivity contribution in [2.75, 3.05) is 11.9 Å². The Kier molecular flexibility index (Phi) is 6.32. The van der Waals surface area contributed by atoms with Crippen LogP contribution in [0.15, 0.2) is 48.5 Å². The van der Waals surface area contributed by atoms with Crippen LogP contribution in [0.3, 0.4) is 0 Å². The van der Waals surface area contributed by atoms with Crippen molar-refractivity contribution >= 4 is 29.1 Å². The quantitative estimate of drug-likeness (QED) is 0.835. The summed E-state index contributed by atoms with van der Waals surface area (Å²) in [6.45, 7) is 1.80. The van der Waals surface area contributed by atoms with Gasteiger partial charge in [0.05, 0.1) is 11.6 Å². The van der Waals surface area contributed by atoms with E-state index in [0.29, 0.717) is 12.1 Å². The Balaban J connectivity index is 1.78. The molecule has 126 valence electrons. The smallest absolute Gasteiger partial charge is 0.243 e. The van der Waals surface area contributed by atoms with Crippen molar-refractivity contribution in [1.29, 1.82) is 0 Å². The van der Waals surface area contributed by atoms with Gasteiger partial charge in [0, 0.05) is 12.1 Å². The summed E-state index contributed by atoms with van der Waals surface area (Å²) in [5.41, 5.74) is 1.44.